The molecule has 88 valence electrons. The van der Waals surface area contributed by atoms with Crippen molar-refractivity contribution >= 4 is 28.4 Å². The van der Waals surface area contributed by atoms with Gasteiger partial charge in [0.15, 0.2) is 5.13 Å². The number of anilines is 1. The van der Waals surface area contributed by atoms with Gasteiger partial charge in [0.1, 0.15) is 5.69 Å². The zero-order chi connectivity index (χ0) is 12.0. The third kappa shape index (κ3) is 3.50. The molecule has 1 aromatic heterocycles. The van der Waals surface area contributed by atoms with Crippen molar-refractivity contribution < 1.29 is 9.59 Å². The van der Waals surface area contributed by atoms with E-state index in [1.807, 2.05) is 13.8 Å². The second kappa shape index (κ2) is 6.06. The molecule has 16 heavy (non-hydrogen) atoms. The van der Waals surface area contributed by atoms with Gasteiger partial charge in [0.2, 0.25) is 0 Å². The Balaban J connectivity index is 2.57. The maximum atomic E-state index is 11.4. The van der Waals surface area contributed by atoms with Gasteiger partial charge in [-0.05, 0) is 13.8 Å². The standard InChI is InChI=1S/C9H14N4O2S/c1-3-10-7(14)6-5-16-9(12-6)13-8(15)11-4-2/h5H,3-4H2,1-2H3,(H,10,14)(H2,11,12,13,15). The summed E-state index contributed by atoms with van der Waals surface area (Å²) in [7, 11) is 0. The molecule has 0 fully saturated rings. The lowest BCUT2D eigenvalue weighted by Gasteiger charge is -2.01. The Morgan fingerprint density at radius 1 is 1.31 bits per heavy atom. The third-order valence-electron chi connectivity index (χ3n) is 1.63. The highest BCUT2D eigenvalue weighted by molar-refractivity contribution is 7.14. The van der Waals surface area contributed by atoms with Gasteiger partial charge >= 0.3 is 6.03 Å². The quantitative estimate of drug-likeness (QED) is 0.737. The lowest BCUT2D eigenvalue weighted by Crippen LogP contribution is -2.28. The van der Waals surface area contributed by atoms with Gasteiger partial charge in [0.25, 0.3) is 5.91 Å². The van der Waals surface area contributed by atoms with Crippen molar-refractivity contribution in [2.75, 3.05) is 18.4 Å². The number of carbonyl (C=O) groups is 2. The predicted octanol–water partition coefficient (Wildman–Crippen LogP) is 1.03. The summed E-state index contributed by atoms with van der Waals surface area (Å²) in [4.78, 5) is 26.5. The summed E-state index contributed by atoms with van der Waals surface area (Å²) < 4.78 is 0. The SMILES string of the molecule is CCNC(=O)Nc1nc(C(=O)NCC)cs1. The van der Waals surface area contributed by atoms with Crippen molar-refractivity contribution in [1.82, 2.24) is 15.6 Å². The van der Waals surface area contributed by atoms with Gasteiger partial charge in [0, 0.05) is 18.5 Å². The van der Waals surface area contributed by atoms with Crippen LogP contribution < -0.4 is 16.0 Å². The van der Waals surface area contributed by atoms with Gasteiger partial charge in [-0.25, -0.2) is 9.78 Å². The summed E-state index contributed by atoms with van der Waals surface area (Å²) in [5.41, 5.74) is 0.318. The van der Waals surface area contributed by atoms with E-state index in [-0.39, 0.29) is 11.9 Å². The molecule has 6 nitrogen and oxygen atoms in total. The monoisotopic (exact) mass is 242 g/mol. The molecule has 0 aliphatic carbocycles. The van der Waals surface area contributed by atoms with E-state index < -0.39 is 0 Å². The van der Waals surface area contributed by atoms with E-state index in [1.165, 1.54) is 11.3 Å². The Kier molecular flexibility index (Phi) is 4.71. The van der Waals surface area contributed by atoms with Gasteiger partial charge in [-0.15, -0.1) is 11.3 Å². The maximum Gasteiger partial charge on any atom is 0.321 e. The number of nitrogens with one attached hydrogen (secondary N) is 3. The predicted molar refractivity (Wildman–Crippen MR) is 62.8 cm³/mol. The first kappa shape index (κ1) is 12.4. The Morgan fingerprint density at radius 3 is 2.62 bits per heavy atom. The molecular weight excluding hydrogens is 228 g/mol. The molecule has 0 radical (unpaired) electrons. The lowest BCUT2D eigenvalue weighted by molar-refractivity contribution is 0.0951. The van der Waals surface area contributed by atoms with Crippen molar-refractivity contribution in [1.29, 1.82) is 0 Å². The third-order valence-corrected chi connectivity index (χ3v) is 2.39. The number of thiazole rings is 1. The van der Waals surface area contributed by atoms with Crippen LogP contribution >= 0.6 is 11.3 Å². The summed E-state index contributed by atoms with van der Waals surface area (Å²) in [5, 5.41) is 9.75. The van der Waals surface area contributed by atoms with E-state index in [9.17, 15) is 9.59 Å². The molecule has 7 heteroatoms. The average Bonchev–Trinajstić information content (AvgIpc) is 2.67. The first-order valence-electron chi connectivity index (χ1n) is 4.96. The second-order valence-corrected chi connectivity index (χ2v) is 3.74. The second-order valence-electron chi connectivity index (χ2n) is 2.88. The summed E-state index contributed by atoms with van der Waals surface area (Å²) in [6.45, 7) is 4.75. The number of nitrogens with zero attached hydrogens (tertiary/aromatic N) is 1. The molecule has 3 amide bonds. The van der Waals surface area contributed by atoms with E-state index in [1.54, 1.807) is 5.38 Å². The minimum atomic E-state index is -0.320. The van der Waals surface area contributed by atoms with Gasteiger partial charge in [-0.1, -0.05) is 0 Å². The zero-order valence-corrected chi connectivity index (χ0v) is 9.98. The van der Waals surface area contributed by atoms with E-state index in [0.717, 1.165) is 0 Å². The summed E-state index contributed by atoms with van der Waals surface area (Å²) in [6.07, 6.45) is 0. The Labute approximate surface area is 97.5 Å². The molecule has 0 atom stereocenters. The van der Waals surface area contributed by atoms with Crippen LogP contribution in [0.25, 0.3) is 0 Å². The highest BCUT2D eigenvalue weighted by atomic mass is 32.1. The van der Waals surface area contributed by atoms with Crippen LogP contribution in [-0.4, -0.2) is 30.0 Å². The number of hydrogen-bond acceptors (Lipinski definition) is 4. The summed E-state index contributed by atoms with van der Waals surface area (Å²) in [6, 6.07) is -0.320. The van der Waals surface area contributed by atoms with E-state index >= 15 is 0 Å². The number of hydrogen-bond donors (Lipinski definition) is 3. The molecule has 3 N–H and O–H groups in total. The molecule has 1 aromatic rings. The molecule has 0 saturated heterocycles. The first-order valence-corrected chi connectivity index (χ1v) is 5.83. The van der Waals surface area contributed by atoms with Crippen LogP contribution in [0.15, 0.2) is 5.38 Å². The fourth-order valence-electron chi connectivity index (χ4n) is 0.988. The van der Waals surface area contributed by atoms with E-state index in [0.29, 0.717) is 23.9 Å². The molecule has 0 aromatic carbocycles. The highest BCUT2D eigenvalue weighted by Crippen LogP contribution is 2.14. The van der Waals surface area contributed by atoms with Crippen LogP contribution in [0.5, 0.6) is 0 Å². The topological polar surface area (TPSA) is 83.1 Å². The van der Waals surface area contributed by atoms with Gasteiger partial charge in [0.05, 0.1) is 0 Å². The molecule has 0 bridgehead atoms. The van der Waals surface area contributed by atoms with Crippen LogP contribution in [0, 0.1) is 0 Å². The maximum absolute atomic E-state index is 11.4. The Bertz CT molecular complexity index is 377. The molecule has 0 saturated carbocycles. The number of rotatable bonds is 4. The number of urea groups is 1. The number of amides is 3. The molecule has 0 spiro atoms. The normalized spacial score (nSPS) is 9.62. The van der Waals surface area contributed by atoms with Crippen LogP contribution in [0.3, 0.4) is 0 Å². The molecule has 0 aliphatic rings. The van der Waals surface area contributed by atoms with Crippen molar-refractivity contribution in [3.05, 3.63) is 11.1 Å². The lowest BCUT2D eigenvalue weighted by atomic mass is 10.4. The highest BCUT2D eigenvalue weighted by Gasteiger charge is 2.10. The molecule has 0 aliphatic heterocycles. The number of aromatic nitrogens is 1. The zero-order valence-electron chi connectivity index (χ0n) is 9.16. The molecular formula is C9H14N4O2S. The van der Waals surface area contributed by atoms with Gasteiger partial charge < -0.3 is 10.6 Å². The van der Waals surface area contributed by atoms with E-state index in [2.05, 4.69) is 20.9 Å². The van der Waals surface area contributed by atoms with Crippen LogP contribution in [0.4, 0.5) is 9.93 Å². The molecule has 1 heterocycles. The smallest absolute Gasteiger partial charge is 0.321 e. The fourth-order valence-corrected chi connectivity index (χ4v) is 1.67. The van der Waals surface area contributed by atoms with Crippen molar-refractivity contribution in [3.63, 3.8) is 0 Å². The van der Waals surface area contributed by atoms with Gasteiger partial charge in [-0.3, -0.25) is 10.1 Å². The summed E-state index contributed by atoms with van der Waals surface area (Å²) in [5.74, 6) is -0.234. The Hall–Kier alpha value is -1.63. The van der Waals surface area contributed by atoms with Crippen molar-refractivity contribution in [2.24, 2.45) is 0 Å². The largest absolute Gasteiger partial charge is 0.351 e. The van der Waals surface area contributed by atoms with Crippen molar-refractivity contribution in [3.8, 4) is 0 Å². The average molecular weight is 242 g/mol. The minimum absolute atomic E-state index is 0.234. The fraction of sp³-hybridized carbons (Fsp3) is 0.444. The molecule has 1 rings (SSSR count). The molecule has 0 unspecified atom stereocenters. The Morgan fingerprint density at radius 2 is 2.00 bits per heavy atom. The summed E-state index contributed by atoms with van der Waals surface area (Å²) >= 11 is 1.21. The van der Waals surface area contributed by atoms with Crippen LogP contribution in [0.2, 0.25) is 0 Å². The van der Waals surface area contributed by atoms with E-state index in [4.69, 9.17) is 0 Å². The number of carbonyl (C=O) groups excluding carboxylic acids is 2. The van der Waals surface area contributed by atoms with Crippen LogP contribution in [0.1, 0.15) is 24.3 Å². The van der Waals surface area contributed by atoms with Crippen LogP contribution in [-0.2, 0) is 0 Å². The minimum Gasteiger partial charge on any atom is -0.351 e. The first-order chi connectivity index (χ1) is 7.67. The van der Waals surface area contributed by atoms with Gasteiger partial charge in [-0.2, -0.15) is 0 Å². The van der Waals surface area contributed by atoms with Crippen molar-refractivity contribution in [2.45, 2.75) is 13.8 Å².